The molecule has 2 aliphatic carbocycles. The van der Waals surface area contributed by atoms with Gasteiger partial charge in [0.1, 0.15) is 12.2 Å². The van der Waals surface area contributed by atoms with Gasteiger partial charge in [0.25, 0.3) is 0 Å². The summed E-state index contributed by atoms with van der Waals surface area (Å²) in [6.45, 7) is 0. The molecule has 15 heteroatoms. The molecule has 1 N–H and O–H groups in total. The zero-order chi connectivity index (χ0) is 27.2. The Morgan fingerprint density at radius 2 is 1.05 bits per heavy atom. The molecule has 0 amide bonds. The maximum absolute atomic E-state index is 14.5. The minimum Gasteiger partial charge on any atom is -0.452 e. The summed E-state index contributed by atoms with van der Waals surface area (Å²) in [7, 11) is -13.3. The molecule has 0 fully saturated rings. The van der Waals surface area contributed by atoms with Gasteiger partial charge in [0, 0.05) is 0 Å². The molecule has 37 heavy (non-hydrogen) atoms. The van der Waals surface area contributed by atoms with Crippen molar-refractivity contribution in [2.24, 2.45) is 0 Å². The molecule has 2 aliphatic rings. The molecule has 0 heterocycles. The number of hydrogen-bond acceptors (Lipinski definition) is 8. The zero-order valence-electron chi connectivity index (χ0n) is 18.7. The summed E-state index contributed by atoms with van der Waals surface area (Å²) in [6.07, 6.45) is -1.76. The largest absolute Gasteiger partial charge is 0.455 e. The number of carbonyl (C=O) groups is 2. The fraction of sp³-hybridized carbons (Fsp3) is 0.364. The van der Waals surface area contributed by atoms with Crippen molar-refractivity contribution >= 4 is 32.0 Å². The highest BCUT2D eigenvalue weighted by Crippen LogP contribution is 2.38. The molecule has 0 spiro atoms. The highest BCUT2D eigenvalue weighted by atomic mass is 32.3. The molecule has 2 atom stereocenters. The van der Waals surface area contributed by atoms with Crippen molar-refractivity contribution in [3.8, 4) is 0 Å². The number of carbonyl (C=O) groups excluding carboxylic acids is 2. The maximum Gasteiger partial charge on any atom is 0.455 e. The number of hydrogen-bond donors (Lipinski definition) is 1. The van der Waals surface area contributed by atoms with Crippen LogP contribution in [0.3, 0.4) is 0 Å². The molecule has 0 bridgehead atoms. The van der Waals surface area contributed by atoms with E-state index in [0.29, 0.717) is 35.1 Å². The molecule has 0 aromatic heterocycles. The summed E-state index contributed by atoms with van der Waals surface area (Å²) in [4.78, 5) is 24.1. The second-order valence-electron chi connectivity index (χ2n) is 8.39. The van der Waals surface area contributed by atoms with Crippen LogP contribution in [-0.4, -0.2) is 39.3 Å². The predicted octanol–water partition coefficient (Wildman–Crippen LogP) is 2.88. The van der Waals surface area contributed by atoms with E-state index in [1.807, 2.05) is 0 Å². The molecule has 0 saturated heterocycles. The number of rotatable bonds is 8. The van der Waals surface area contributed by atoms with Crippen LogP contribution in [0.25, 0.3) is 0 Å². The van der Waals surface area contributed by atoms with Crippen LogP contribution in [-0.2, 0) is 52.0 Å². The molecule has 2 aromatic carbocycles. The van der Waals surface area contributed by atoms with Crippen LogP contribution in [0.5, 0.6) is 0 Å². The summed E-state index contributed by atoms with van der Waals surface area (Å²) in [5.41, 5.74) is 2.00. The number of sulfonamides is 2. The highest BCUT2D eigenvalue weighted by molar-refractivity contribution is 8.06. The average Bonchev–Trinajstić information content (AvgIpc) is 3.42. The number of esters is 2. The van der Waals surface area contributed by atoms with Crippen LogP contribution in [0.2, 0.25) is 0 Å². The minimum atomic E-state index is -6.66. The van der Waals surface area contributed by atoms with Gasteiger partial charge in [-0.1, -0.05) is 52.7 Å². The van der Waals surface area contributed by atoms with Crippen molar-refractivity contribution in [1.82, 2.24) is 4.13 Å². The lowest BCUT2D eigenvalue weighted by molar-refractivity contribution is -0.167. The van der Waals surface area contributed by atoms with Gasteiger partial charge in [0.2, 0.25) is 0 Å². The van der Waals surface area contributed by atoms with Gasteiger partial charge in [0.15, 0.2) is 0 Å². The van der Waals surface area contributed by atoms with Crippen molar-refractivity contribution in [1.29, 1.82) is 0 Å². The van der Waals surface area contributed by atoms with Gasteiger partial charge >= 0.3 is 42.5 Å². The summed E-state index contributed by atoms with van der Waals surface area (Å²) in [5.74, 6) is -5.35. The fourth-order valence-corrected chi connectivity index (χ4v) is 6.67. The van der Waals surface area contributed by atoms with Gasteiger partial charge in [0.05, 0.1) is 0 Å². The first-order valence-corrected chi connectivity index (χ1v) is 13.7. The Kier molecular flexibility index (Phi) is 6.84. The first-order chi connectivity index (χ1) is 17.2. The van der Waals surface area contributed by atoms with Crippen LogP contribution in [0.4, 0.5) is 17.6 Å². The van der Waals surface area contributed by atoms with Gasteiger partial charge in [-0.15, -0.1) is 0 Å². The van der Waals surface area contributed by atoms with Gasteiger partial charge in [-0.2, -0.15) is 17.6 Å². The van der Waals surface area contributed by atoms with Crippen molar-refractivity contribution in [3.05, 3.63) is 70.8 Å². The first-order valence-electron chi connectivity index (χ1n) is 10.8. The van der Waals surface area contributed by atoms with E-state index >= 15 is 0 Å². The van der Waals surface area contributed by atoms with E-state index in [-0.39, 0.29) is 17.0 Å². The van der Waals surface area contributed by atoms with Gasteiger partial charge in [-0.05, 0) is 47.9 Å². The van der Waals surface area contributed by atoms with E-state index in [0.717, 1.165) is 0 Å². The number of fused-ring (bicyclic) bond motifs is 2. The van der Waals surface area contributed by atoms with E-state index < -0.39 is 54.7 Å². The lowest BCUT2D eigenvalue weighted by Crippen LogP contribution is -2.54. The average molecular weight is 566 g/mol. The fourth-order valence-electron chi connectivity index (χ4n) is 4.15. The highest BCUT2D eigenvalue weighted by Gasteiger charge is 2.63. The van der Waals surface area contributed by atoms with E-state index in [4.69, 9.17) is 0 Å². The quantitative estimate of drug-likeness (QED) is 0.382. The molecular formula is C22H19F4NO8S2. The Labute approximate surface area is 208 Å². The van der Waals surface area contributed by atoms with Crippen LogP contribution >= 0.6 is 0 Å². The normalized spacial score (nSPS) is 19.7. The summed E-state index contributed by atoms with van der Waals surface area (Å²) < 4.78 is 116. The van der Waals surface area contributed by atoms with Crippen molar-refractivity contribution in [2.75, 3.05) is 0 Å². The van der Waals surface area contributed by atoms with E-state index in [1.165, 1.54) is 24.3 Å². The van der Waals surface area contributed by atoms with Gasteiger partial charge < -0.3 is 9.47 Å². The molecule has 0 saturated carbocycles. The summed E-state index contributed by atoms with van der Waals surface area (Å²) in [5, 5.41) is -11.2. The van der Waals surface area contributed by atoms with Crippen LogP contribution in [0, 0.1) is 0 Å². The van der Waals surface area contributed by atoms with Crippen LogP contribution in [0.15, 0.2) is 48.5 Å². The van der Waals surface area contributed by atoms with E-state index in [1.54, 1.807) is 24.3 Å². The topological polar surface area (TPSA) is 133 Å². The smallest absolute Gasteiger partial charge is 0.452 e. The molecule has 9 nitrogen and oxygen atoms in total. The Hall–Kier alpha value is -3.04. The Balaban J connectivity index is 1.48. The SMILES string of the molecule is O=C(OC1CCc2ccccc21)C(F)(F)S(=O)(=O)NS(=O)(=O)C(F)(F)C(=O)OC1CCc2ccccc21. The Morgan fingerprint density at radius 3 is 1.43 bits per heavy atom. The molecule has 2 aromatic rings. The number of alkyl halides is 4. The third-order valence-electron chi connectivity index (χ3n) is 6.02. The summed E-state index contributed by atoms with van der Waals surface area (Å²) in [6, 6.07) is 12.5. The lowest BCUT2D eigenvalue weighted by atomic mass is 10.1. The number of aryl methyl sites for hydroxylation is 2. The van der Waals surface area contributed by atoms with Crippen LogP contribution < -0.4 is 4.13 Å². The number of benzene rings is 2. The molecule has 4 rings (SSSR count). The number of nitrogens with one attached hydrogen (secondary N) is 1. The van der Waals surface area contributed by atoms with E-state index in [2.05, 4.69) is 9.47 Å². The molecule has 2 unspecified atom stereocenters. The van der Waals surface area contributed by atoms with Gasteiger partial charge in [-0.25, -0.2) is 26.4 Å². The second kappa shape index (κ2) is 9.36. The molecule has 200 valence electrons. The number of halogens is 4. The van der Waals surface area contributed by atoms with Crippen molar-refractivity contribution in [2.45, 2.75) is 48.4 Å². The minimum absolute atomic E-state index is 0.0428. The van der Waals surface area contributed by atoms with Crippen LogP contribution in [0.1, 0.15) is 47.3 Å². The molecule has 0 aliphatic heterocycles. The standard InChI is InChI=1S/C22H19F4NO8S2/c23-21(24,19(28)34-17-11-9-13-5-1-3-7-15(13)17)36(30,31)27-37(32,33)22(25,26)20(29)35-18-12-10-14-6-2-4-8-16(14)18/h1-8,17-18,27H,9-12H2. The van der Waals surface area contributed by atoms with Crippen molar-refractivity contribution in [3.63, 3.8) is 0 Å². The monoisotopic (exact) mass is 565 g/mol. The summed E-state index contributed by atoms with van der Waals surface area (Å²) >= 11 is 0. The lowest BCUT2D eigenvalue weighted by Gasteiger charge is -2.22. The Morgan fingerprint density at radius 1 is 0.703 bits per heavy atom. The van der Waals surface area contributed by atoms with Gasteiger partial charge in [-0.3, -0.25) is 0 Å². The predicted molar refractivity (Wildman–Crippen MR) is 118 cm³/mol. The second-order valence-corrected chi connectivity index (χ2v) is 12.1. The van der Waals surface area contributed by atoms with E-state index in [9.17, 15) is 44.0 Å². The molecule has 0 radical (unpaired) electrons. The third kappa shape index (κ3) is 4.82. The van der Waals surface area contributed by atoms with Crippen molar-refractivity contribution < 1.29 is 53.5 Å². The zero-order valence-corrected chi connectivity index (χ0v) is 20.3. The molecular weight excluding hydrogens is 546 g/mol. The third-order valence-corrected chi connectivity index (χ3v) is 9.46. The maximum atomic E-state index is 14.5. The first kappa shape index (κ1) is 27.0. The number of ether oxygens (including phenoxy) is 2. The Bertz CT molecular complexity index is 1350.